The summed E-state index contributed by atoms with van der Waals surface area (Å²) in [4.78, 5) is 2.50. The van der Waals surface area contributed by atoms with Crippen LogP contribution in [0.25, 0.3) is 5.76 Å². The molecule has 2 heteroatoms. The predicted octanol–water partition coefficient (Wildman–Crippen LogP) is 4.91. The van der Waals surface area contributed by atoms with Crippen LogP contribution in [0, 0.1) is 13.8 Å². The van der Waals surface area contributed by atoms with Crippen molar-refractivity contribution < 1.29 is 4.74 Å². The van der Waals surface area contributed by atoms with Crippen LogP contribution >= 0.6 is 0 Å². The minimum Gasteiger partial charge on any atom is -0.497 e. The molecule has 3 rings (SSSR count). The van der Waals surface area contributed by atoms with Gasteiger partial charge in [0.1, 0.15) is 5.76 Å². The highest BCUT2D eigenvalue weighted by molar-refractivity contribution is 5.68. The van der Waals surface area contributed by atoms with Crippen LogP contribution in [0.1, 0.15) is 34.6 Å². The van der Waals surface area contributed by atoms with E-state index in [0.717, 1.165) is 24.4 Å². The van der Waals surface area contributed by atoms with Crippen LogP contribution in [0.15, 0.2) is 49.0 Å². The van der Waals surface area contributed by atoms with E-state index in [1.165, 1.54) is 28.8 Å². The second-order valence-electron chi connectivity index (χ2n) is 6.42. The molecule has 1 saturated heterocycles. The number of ether oxygens (including phenoxy) is 1. The maximum Gasteiger partial charge on any atom is 0.119 e. The van der Waals surface area contributed by atoms with Crippen molar-refractivity contribution in [3.63, 3.8) is 0 Å². The molecule has 23 heavy (non-hydrogen) atoms. The number of anilines is 1. The molecule has 0 N–H and O–H groups in total. The van der Waals surface area contributed by atoms with Gasteiger partial charge in [-0.2, -0.15) is 0 Å². The van der Waals surface area contributed by atoms with Gasteiger partial charge in [0, 0.05) is 30.3 Å². The average Bonchev–Trinajstić information content (AvgIpc) is 3.04. The van der Waals surface area contributed by atoms with E-state index in [2.05, 4.69) is 67.8 Å². The number of hydrogen-bond donors (Lipinski definition) is 0. The Morgan fingerprint density at radius 1 is 1.13 bits per heavy atom. The molecule has 1 fully saturated rings. The van der Waals surface area contributed by atoms with E-state index in [1.54, 1.807) is 7.11 Å². The minimum absolute atomic E-state index is 0.630. The van der Waals surface area contributed by atoms with Crippen molar-refractivity contribution in [2.24, 2.45) is 0 Å². The lowest BCUT2D eigenvalue weighted by atomic mass is 9.98. The minimum atomic E-state index is 0.630. The Morgan fingerprint density at radius 2 is 1.78 bits per heavy atom. The third-order valence-electron chi connectivity index (χ3n) is 4.87. The highest BCUT2D eigenvalue weighted by Gasteiger charge is 2.24. The van der Waals surface area contributed by atoms with Crippen molar-refractivity contribution >= 4 is 11.4 Å². The Kier molecular flexibility index (Phi) is 4.42. The van der Waals surface area contributed by atoms with Crippen molar-refractivity contribution in [1.29, 1.82) is 0 Å². The number of benzene rings is 2. The highest BCUT2D eigenvalue weighted by Crippen LogP contribution is 2.33. The molecule has 1 aliphatic rings. The zero-order valence-electron chi connectivity index (χ0n) is 14.3. The molecular weight excluding hydrogens is 282 g/mol. The maximum atomic E-state index is 5.33. The lowest BCUT2D eigenvalue weighted by Gasteiger charge is -2.22. The third-order valence-corrected chi connectivity index (χ3v) is 4.87. The van der Waals surface area contributed by atoms with Gasteiger partial charge in [0.15, 0.2) is 0 Å². The zero-order valence-corrected chi connectivity index (χ0v) is 14.3. The molecule has 1 aliphatic heterocycles. The average molecular weight is 307 g/mol. The van der Waals surface area contributed by atoms with Gasteiger partial charge >= 0.3 is 0 Å². The summed E-state index contributed by atoms with van der Waals surface area (Å²) in [7, 11) is 1.68. The van der Waals surface area contributed by atoms with Gasteiger partial charge in [-0.15, -0.1) is 0 Å². The molecule has 2 aromatic rings. The SMILES string of the molecule is C=C(OC)c1c(C)cc(N2CCC(c3ccccc3)C2)cc1C. The zero-order chi connectivity index (χ0) is 16.4. The first kappa shape index (κ1) is 15.7. The molecule has 1 unspecified atom stereocenters. The molecule has 0 bridgehead atoms. The Balaban J connectivity index is 1.82. The molecule has 0 aliphatic carbocycles. The fourth-order valence-electron chi connectivity index (χ4n) is 3.66. The van der Waals surface area contributed by atoms with Gasteiger partial charge in [0.05, 0.1) is 7.11 Å². The molecular formula is C21H25NO. The summed E-state index contributed by atoms with van der Waals surface area (Å²) in [6, 6.07) is 15.4. The quantitative estimate of drug-likeness (QED) is 0.744. The van der Waals surface area contributed by atoms with E-state index in [9.17, 15) is 0 Å². The number of hydrogen-bond acceptors (Lipinski definition) is 2. The topological polar surface area (TPSA) is 12.5 Å². The number of nitrogens with zero attached hydrogens (tertiary/aromatic N) is 1. The van der Waals surface area contributed by atoms with Crippen LogP contribution in [-0.4, -0.2) is 20.2 Å². The van der Waals surface area contributed by atoms with Crippen molar-refractivity contribution in [1.82, 2.24) is 0 Å². The second kappa shape index (κ2) is 6.49. The van der Waals surface area contributed by atoms with E-state index >= 15 is 0 Å². The monoisotopic (exact) mass is 307 g/mol. The van der Waals surface area contributed by atoms with Crippen LogP contribution in [0.2, 0.25) is 0 Å². The van der Waals surface area contributed by atoms with Gasteiger partial charge in [0.25, 0.3) is 0 Å². The molecule has 0 radical (unpaired) electrons. The molecule has 0 spiro atoms. The largest absolute Gasteiger partial charge is 0.497 e. The van der Waals surface area contributed by atoms with E-state index < -0.39 is 0 Å². The summed E-state index contributed by atoms with van der Waals surface area (Å²) in [5.41, 5.74) is 6.36. The molecule has 1 atom stereocenters. The van der Waals surface area contributed by atoms with Gasteiger partial charge in [-0.25, -0.2) is 0 Å². The molecule has 0 saturated carbocycles. The first-order valence-corrected chi connectivity index (χ1v) is 8.24. The van der Waals surface area contributed by atoms with Crippen LogP contribution in [0.5, 0.6) is 0 Å². The van der Waals surface area contributed by atoms with Gasteiger partial charge in [-0.1, -0.05) is 36.9 Å². The molecule has 2 nitrogen and oxygen atoms in total. The first-order valence-electron chi connectivity index (χ1n) is 8.24. The van der Waals surface area contributed by atoms with Crippen molar-refractivity contribution in [3.8, 4) is 0 Å². The molecule has 2 aromatic carbocycles. The van der Waals surface area contributed by atoms with Crippen molar-refractivity contribution in [2.45, 2.75) is 26.2 Å². The number of methoxy groups -OCH3 is 1. The van der Waals surface area contributed by atoms with E-state index in [4.69, 9.17) is 4.74 Å². The smallest absolute Gasteiger partial charge is 0.119 e. The Hall–Kier alpha value is -2.22. The fraction of sp³-hybridized carbons (Fsp3) is 0.333. The Labute approximate surface area is 139 Å². The van der Waals surface area contributed by atoms with E-state index in [-0.39, 0.29) is 0 Å². The molecule has 0 aromatic heterocycles. The Bertz CT molecular complexity index is 682. The summed E-state index contributed by atoms with van der Waals surface area (Å²) >= 11 is 0. The summed E-state index contributed by atoms with van der Waals surface area (Å²) in [5.74, 6) is 1.38. The molecule has 120 valence electrons. The van der Waals surface area contributed by atoms with Crippen LogP contribution in [-0.2, 0) is 4.74 Å². The van der Waals surface area contributed by atoms with Crippen LogP contribution in [0.4, 0.5) is 5.69 Å². The number of rotatable bonds is 4. The third kappa shape index (κ3) is 3.12. The van der Waals surface area contributed by atoms with Gasteiger partial charge in [-0.05, 0) is 49.1 Å². The maximum absolute atomic E-state index is 5.33. The van der Waals surface area contributed by atoms with Crippen LogP contribution in [0.3, 0.4) is 0 Å². The fourth-order valence-corrected chi connectivity index (χ4v) is 3.66. The van der Waals surface area contributed by atoms with Crippen LogP contribution < -0.4 is 4.90 Å². The van der Waals surface area contributed by atoms with E-state index in [1.807, 2.05) is 0 Å². The molecule has 1 heterocycles. The lowest BCUT2D eigenvalue weighted by Crippen LogP contribution is -2.19. The van der Waals surface area contributed by atoms with Crippen molar-refractivity contribution in [3.05, 3.63) is 71.3 Å². The van der Waals surface area contributed by atoms with Gasteiger partial charge < -0.3 is 9.64 Å². The lowest BCUT2D eigenvalue weighted by molar-refractivity contribution is 0.371. The highest BCUT2D eigenvalue weighted by atomic mass is 16.5. The van der Waals surface area contributed by atoms with Crippen molar-refractivity contribution in [2.75, 3.05) is 25.1 Å². The normalized spacial score (nSPS) is 17.3. The van der Waals surface area contributed by atoms with Gasteiger partial charge in [0.2, 0.25) is 0 Å². The summed E-state index contributed by atoms with van der Waals surface area (Å²) in [6.45, 7) is 10.5. The molecule has 0 amide bonds. The summed E-state index contributed by atoms with van der Waals surface area (Å²) in [6.07, 6.45) is 1.22. The van der Waals surface area contributed by atoms with Gasteiger partial charge in [-0.3, -0.25) is 0 Å². The second-order valence-corrected chi connectivity index (χ2v) is 6.42. The standard InChI is InChI=1S/C21H25NO/c1-15-12-20(13-16(2)21(15)17(3)23-4)22-11-10-19(14-22)18-8-6-5-7-9-18/h5-9,12-13,19H,3,10-11,14H2,1-2,4H3. The first-order chi connectivity index (χ1) is 11.1. The summed E-state index contributed by atoms with van der Waals surface area (Å²) in [5, 5.41) is 0. The predicted molar refractivity (Wildman–Crippen MR) is 98.0 cm³/mol. The summed E-state index contributed by atoms with van der Waals surface area (Å²) < 4.78 is 5.33. The Morgan fingerprint density at radius 3 is 2.39 bits per heavy atom. The van der Waals surface area contributed by atoms with E-state index in [0.29, 0.717) is 5.92 Å². The number of aryl methyl sites for hydroxylation is 2.